The Morgan fingerprint density at radius 3 is 2.76 bits per heavy atom. The van der Waals surface area contributed by atoms with Gasteiger partial charge in [0.2, 0.25) is 10.0 Å². The number of rotatable bonds is 6. The van der Waals surface area contributed by atoms with Crippen molar-refractivity contribution in [2.45, 2.75) is 57.1 Å². The lowest BCUT2D eigenvalue weighted by Gasteiger charge is -2.23. The van der Waals surface area contributed by atoms with Gasteiger partial charge in [0.15, 0.2) is 0 Å². The molecule has 1 atom stereocenters. The standard InChI is InChI=1S/C14H24N2O3S2/c1-10(2)15-7-12-13(11(3)8-20-12)21(17,18)16-14(4)5-6-19-9-14/h8,10,15-16H,5-7,9H2,1-4H3. The summed E-state index contributed by atoms with van der Waals surface area (Å²) in [5, 5.41) is 5.19. The molecular formula is C14H24N2O3S2. The summed E-state index contributed by atoms with van der Waals surface area (Å²) in [6.07, 6.45) is 0.703. The van der Waals surface area contributed by atoms with E-state index in [0.717, 1.165) is 10.4 Å². The van der Waals surface area contributed by atoms with Crippen molar-refractivity contribution in [3.63, 3.8) is 0 Å². The van der Waals surface area contributed by atoms with Gasteiger partial charge >= 0.3 is 0 Å². The van der Waals surface area contributed by atoms with Gasteiger partial charge in [0.25, 0.3) is 0 Å². The lowest BCUT2D eigenvalue weighted by Crippen LogP contribution is -2.46. The van der Waals surface area contributed by atoms with Crippen LogP contribution in [0.4, 0.5) is 0 Å². The van der Waals surface area contributed by atoms with Crippen LogP contribution in [0, 0.1) is 6.92 Å². The van der Waals surface area contributed by atoms with Gasteiger partial charge in [0, 0.05) is 24.1 Å². The minimum Gasteiger partial charge on any atom is -0.379 e. The molecule has 1 unspecified atom stereocenters. The van der Waals surface area contributed by atoms with Crippen molar-refractivity contribution in [3.8, 4) is 0 Å². The van der Waals surface area contributed by atoms with E-state index >= 15 is 0 Å². The van der Waals surface area contributed by atoms with Gasteiger partial charge in [-0.05, 0) is 31.2 Å². The largest absolute Gasteiger partial charge is 0.379 e. The van der Waals surface area contributed by atoms with Gasteiger partial charge in [0.1, 0.15) is 4.90 Å². The summed E-state index contributed by atoms with van der Waals surface area (Å²) in [4.78, 5) is 1.28. The fourth-order valence-electron chi connectivity index (χ4n) is 2.39. The first-order valence-corrected chi connectivity index (χ1v) is 9.52. The smallest absolute Gasteiger partial charge is 0.242 e. The summed E-state index contributed by atoms with van der Waals surface area (Å²) in [7, 11) is -3.53. The monoisotopic (exact) mass is 332 g/mol. The summed E-state index contributed by atoms with van der Waals surface area (Å²) in [6.45, 7) is 9.42. The third-order valence-corrected chi connectivity index (χ3v) is 6.63. The molecule has 1 saturated heterocycles. The molecule has 0 saturated carbocycles. The van der Waals surface area contributed by atoms with Gasteiger partial charge < -0.3 is 10.1 Å². The fraction of sp³-hybridized carbons (Fsp3) is 0.714. The van der Waals surface area contributed by atoms with Crippen LogP contribution in [0.15, 0.2) is 10.3 Å². The molecular weight excluding hydrogens is 308 g/mol. The molecule has 1 aliphatic rings. The second-order valence-electron chi connectivity index (χ2n) is 6.18. The van der Waals surface area contributed by atoms with Crippen LogP contribution >= 0.6 is 11.3 Å². The molecule has 2 rings (SSSR count). The Balaban J connectivity index is 2.25. The number of hydrogen-bond donors (Lipinski definition) is 2. The molecule has 1 aliphatic heterocycles. The Hall–Kier alpha value is -0.470. The molecule has 2 heterocycles. The van der Waals surface area contributed by atoms with Gasteiger partial charge in [-0.3, -0.25) is 0 Å². The molecule has 0 aliphatic carbocycles. The molecule has 120 valence electrons. The summed E-state index contributed by atoms with van der Waals surface area (Å²) in [5.74, 6) is 0. The Morgan fingerprint density at radius 2 is 2.19 bits per heavy atom. The number of sulfonamides is 1. The quantitative estimate of drug-likeness (QED) is 0.836. The van der Waals surface area contributed by atoms with Crippen LogP contribution < -0.4 is 10.0 Å². The van der Waals surface area contributed by atoms with Crippen molar-refractivity contribution in [1.82, 2.24) is 10.0 Å². The van der Waals surface area contributed by atoms with Gasteiger partial charge in [-0.2, -0.15) is 0 Å². The molecule has 5 nitrogen and oxygen atoms in total. The van der Waals surface area contributed by atoms with E-state index in [4.69, 9.17) is 4.74 Å². The zero-order chi connectivity index (χ0) is 15.7. The highest BCUT2D eigenvalue weighted by atomic mass is 32.2. The highest BCUT2D eigenvalue weighted by Gasteiger charge is 2.36. The molecule has 0 spiro atoms. The van der Waals surface area contributed by atoms with Crippen LogP contribution in [-0.4, -0.2) is 33.2 Å². The first-order valence-electron chi connectivity index (χ1n) is 7.16. The SMILES string of the molecule is Cc1csc(CNC(C)C)c1S(=O)(=O)NC1(C)CCOC1. The molecule has 1 aromatic rings. The molecule has 21 heavy (non-hydrogen) atoms. The number of thiophene rings is 1. The van der Waals surface area contributed by atoms with Crippen molar-refractivity contribution >= 4 is 21.4 Å². The molecule has 1 fully saturated rings. The highest BCUT2D eigenvalue weighted by molar-refractivity contribution is 7.89. The summed E-state index contributed by atoms with van der Waals surface area (Å²) < 4.78 is 33.7. The zero-order valence-corrected chi connectivity index (χ0v) is 14.7. The van der Waals surface area contributed by atoms with Crippen molar-refractivity contribution in [3.05, 3.63) is 15.8 Å². The summed E-state index contributed by atoms with van der Waals surface area (Å²) >= 11 is 1.49. The number of hydrogen-bond acceptors (Lipinski definition) is 5. The average Bonchev–Trinajstić information content (AvgIpc) is 2.92. The Labute approximate surface area is 131 Å². The second kappa shape index (κ2) is 6.34. The van der Waals surface area contributed by atoms with E-state index in [2.05, 4.69) is 10.0 Å². The van der Waals surface area contributed by atoms with Crippen LogP contribution in [0.25, 0.3) is 0 Å². The first kappa shape index (κ1) is 16.9. The highest BCUT2D eigenvalue weighted by Crippen LogP contribution is 2.29. The van der Waals surface area contributed by atoms with Crippen LogP contribution in [-0.2, 0) is 21.3 Å². The normalized spacial score (nSPS) is 23.1. The topological polar surface area (TPSA) is 67.4 Å². The van der Waals surface area contributed by atoms with Crippen molar-refractivity contribution < 1.29 is 13.2 Å². The predicted octanol–water partition coefficient (Wildman–Crippen LogP) is 2.01. The zero-order valence-electron chi connectivity index (χ0n) is 13.0. The Morgan fingerprint density at radius 1 is 1.48 bits per heavy atom. The third kappa shape index (κ3) is 4.04. The summed E-state index contributed by atoms with van der Waals surface area (Å²) in [5.41, 5.74) is 0.297. The van der Waals surface area contributed by atoms with Gasteiger partial charge in [-0.25, -0.2) is 13.1 Å². The lowest BCUT2D eigenvalue weighted by molar-refractivity contribution is 0.178. The fourth-order valence-corrected chi connectivity index (χ4v) is 5.58. The predicted molar refractivity (Wildman–Crippen MR) is 85.2 cm³/mol. The first-order chi connectivity index (χ1) is 9.73. The van der Waals surface area contributed by atoms with Crippen LogP contribution in [0.2, 0.25) is 0 Å². The molecule has 1 aromatic heterocycles. The number of aryl methyl sites for hydroxylation is 1. The van der Waals surface area contributed by atoms with E-state index in [1.165, 1.54) is 11.3 Å². The van der Waals surface area contributed by atoms with Gasteiger partial charge in [-0.1, -0.05) is 13.8 Å². The Bertz CT molecular complexity index is 587. The van der Waals surface area contributed by atoms with Gasteiger partial charge in [0.05, 0.1) is 12.1 Å². The molecule has 0 radical (unpaired) electrons. The van der Waals surface area contributed by atoms with E-state index < -0.39 is 15.6 Å². The van der Waals surface area contributed by atoms with Crippen LogP contribution in [0.5, 0.6) is 0 Å². The van der Waals surface area contributed by atoms with Crippen molar-refractivity contribution in [1.29, 1.82) is 0 Å². The molecule has 0 amide bonds. The van der Waals surface area contributed by atoms with E-state index in [-0.39, 0.29) is 0 Å². The second-order valence-corrected chi connectivity index (χ2v) is 8.76. The lowest BCUT2D eigenvalue weighted by atomic mass is 10.0. The maximum absolute atomic E-state index is 12.8. The minimum atomic E-state index is -3.53. The van der Waals surface area contributed by atoms with Gasteiger partial charge in [-0.15, -0.1) is 11.3 Å². The van der Waals surface area contributed by atoms with E-state index in [1.807, 2.05) is 33.1 Å². The maximum atomic E-state index is 12.8. The molecule has 2 N–H and O–H groups in total. The third-order valence-electron chi connectivity index (χ3n) is 3.53. The van der Waals surface area contributed by atoms with E-state index in [1.54, 1.807) is 0 Å². The molecule has 0 aromatic carbocycles. The van der Waals surface area contributed by atoms with E-state index in [0.29, 0.717) is 37.1 Å². The van der Waals surface area contributed by atoms with Crippen LogP contribution in [0.1, 0.15) is 37.6 Å². The van der Waals surface area contributed by atoms with Crippen molar-refractivity contribution in [2.24, 2.45) is 0 Å². The molecule has 0 bridgehead atoms. The summed E-state index contributed by atoms with van der Waals surface area (Å²) in [6, 6.07) is 0.316. The Kier molecular flexibility index (Phi) is 5.10. The number of nitrogens with one attached hydrogen (secondary N) is 2. The molecule has 7 heteroatoms. The van der Waals surface area contributed by atoms with E-state index in [9.17, 15) is 8.42 Å². The van der Waals surface area contributed by atoms with Crippen LogP contribution in [0.3, 0.4) is 0 Å². The number of ether oxygens (including phenoxy) is 1. The average molecular weight is 332 g/mol. The van der Waals surface area contributed by atoms with Crippen molar-refractivity contribution in [2.75, 3.05) is 13.2 Å². The minimum absolute atomic E-state index is 0.316. The maximum Gasteiger partial charge on any atom is 0.242 e.